The van der Waals surface area contributed by atoms with Crippen LogP contribution in [0.2, 0.25) is 0 Å². The van der Waals surface area contributed by atoms with Crippen molar-refractivity contribution >= 4 is 17.6 Å². The molecule has 6 atom stereocenters. The van der Waals surface area contributed by atoms with E-state index < -0.39 is 28.5 Å². The van der Waals surface area contributed by atoms with Gasteiger partial charge in [0.05, 0.1) is 52.6 Å². The van der Waals surface area contributed by atoms with E-state index in [0.717, 1.165) is 16.8 Å². The lowest BCUT2D eigenvalue weighted by molar-refractivity contribution is -0.191. The van der Waals surface area contributed by atoms with Crippen molar-refractivity contribution in [2.75, 3.05) is 54.0 Å². The number of nitrogens with zero attached hydrogens (tertiary/aromatic N) is 1. The number of carbonyl (C=O) groups is 2. The average Bonchev–Trinajstić information content (AvgIpc) is 3.65. The fraction of sp³-hybridized carbons (Fsp3) is 0.500. The van der Waals surface area contributed by atoms with Gasteiger partial charge in [-0.2, -0.15) is 0 Å². The highest BCUT2D eigenvalue weighted by Crippen LogP contribution is 2.76. The fourth-order valence-electron chi connectivity index (χ4n) is 8.92. The van der Waals surface area contributed by atoms with Crippen molar-refractivity contribution in [2.24, 2.45) is 11.3 Å². The average molecular weight is 593 g/mol. The Hall–Kier alpha value is -3.96. The van der Waals surface area contributed by atoms with Crippen LogP contribution in [0.25, 0.3) is 0 Å². The van der Waals surface area contributed by atoms with Gasteiger partial charge in [-0.1, -0.05) is 17.7 Å². The Morgan fingerprint density at radius 1 is 1.05 bits per heavy atom. The highest BCUT2D eigenvalue weighted by molar-refractivity contribution is 5.92. The molecule has 1 saturated carbocycles. The molecule has 3 saturated heterocycles. The van der Waals surface area contributed by atoms with E-state index in [1.807, 2.05) is 25.1 Å². The summed E-state index contributed by atoms with van der Waals surface area (Å²) in [5, 5.41) is 3.72. The first kappa shape index (κ1) is 27.8. The molecule has 11 nitrogen and oxygen atoms in total. The molecular formula is C32H36N2O9. The molecule has 43 heavy (non-hydrogen) atoms. The zero-order valence-corrected chi connectivity index (χ0v) is 25.1. The van der Waals surface area contributed by atoms with Crippen LogP contribution in [0, 0.1) is 11.3 Å². The number of fused-ring (bicyclic) bond motifs is 4. The SMILES string of the molecule is C/C=C1\CN2C3CC45c6ccc(OC)cc6NC4(O3)C2CC1C5(COC(=O)c1cc(OC)c(OC)c(OC)c1)C(=O)OC. The summed E-state index contributed by atoms with van der Waals surface area (Å²) in [7, 11) is 7.48. The Kier molecular flexibility index (Phi) is 6.17. The van der Waals surface area contributed by atoms with Crippen LogP contribution in [-0.2, 0) is 24.4 Å². The third-order valence-electron chi connectivity index (χ3n) is 10.6. The Labute approximate surface area is 249 Å². The number of piperidine rings is 2. The number of esters is 2. The fourth-order valence-corrected chi connectivity index (χ4v) is 8.92. The van der Waals surface area contributed by atoms with E-state index in [9.17, 15) is 9.59 Å². The third-order valence-corrected chi connectivity index (χ3v) is 10.6. The van der Waals surface area contributed by atoms with Crippen molar-refractivity contribution < 1.29 is 42.7 Å². The quantitative estimate of drug-likeness (QED) is 0.359. The largest absolute Gasteiger partial charge is 0.497 e. The maximum atomic E-state index is 14.5. The first-order chi connectivity index (χ1) is 20.8. The summed E-state index contributed by atoms with van der Waals surface area (Å²) in [6, 6.07) is 8.96. The third kappa shape index (κ3) is 3.21. The summed E-state index contributed by atoms with van der Waals surface area (Å²) in [5.41, 5.74) is 0.0224. The predicted molar refractivity (Wildman–Crippen MR) is 154 cm³/mol. The Morgan fingerprint density at radius 3 is 2.42 bits per heavy atom. The summed E-state index contributed by atoms with van der Waals surface area (Å²) in [5.74, 6) is 0.397. The first-order valence-corrected chi connectivity index (χ1v) is 14.4. The zero-order valence-electron chi connectivity index (χ0n) is 25.1. The van der Waals surface area contributed by atoms with Crippen molar-refractivity contribution in [1.82, 2.24) is 4.90 Å². The molecule has 4 aliphatic heterocycles. The minimum absolute atomic E-state index is 0.0157. The van der Waals surface area contributed by atoms with Gasteiger partial charge in [0.15, 0.2) is 17.2 Å². The summed E-state index contributed by atoms with van der Waals surface area (Å²) < 4.78 is 40.6. The number of hydrogen-bond donors (Lipinski definition) is 1. The van der Waals surface area contributed by atoms with Gasteiger partial charge in [0, 0.05) is 30.6 Å². The second kappa shape index (κ2) is 9.52. The summed E-state index contributed by atoms with van der Waals surface area (Å²) in [6.07, 6.45) is 3.06. The second-order valence-electron chi connectivity index (χ2n) is 11.7. The maximum Gasteiger partial charge on any atom is 0.338 e. The summed E-state index contributed by atoms with van der Waals surface area (Å²) in [4.78, 5) is 30.7. The Morgan fingerprint density at radius 2 is 1.79 bits per heavy atom. The number of ether oxygens (including phenoxy) is 7. The van der Waals surface area contributed by atoms with E-state index in [2.05, 4.69) is 16.3 Å². The predicted octanol–water partition coefficient (Wildman–Crippen LogP) is 3.51. The van der Waals surface area contributed by atoms with E-state index in [0.29, 0.717) is 42.4 Å². The molecule has 4 fully saturated rings. The van der Waals surface area contributed by atoms with Crippen molar-refractivity contribution in [1.29, 1.82) is 0 Å². The molecular weight excluding hydrogens is 556 g/mol. The van der Waals surface area contributed by atoms with E-state index in [4.69, 9.17) is 33.2 Å². The summed E-state index contributed by atoms with van der Waals surface area (Å²) in [6.45, 7) is 2.44. The minimum Gasteiger partial charge on any atom is -0.497 e. The van der Waals surface area contributed by atoms with Gasteiger partial charge >= 0.3 is 11.9 Å². The lowest BCUT2D eigenvalue weighted by atomic mass is 9.42. The van der Waals surface area contributed by atoms with E-state index >= 15 is 0 Å². The Balaban J connectivity index is 1.39. The normalized spacial score (nSPS) is 33.4. The monoisotopic (exact) mass is 592 g/mol. The molecule has 11 heteroatoms. The highest BCUT2D eigenvalue weighted by atomic mass is 16.6. The second-order valence-corrected chi connectivity index (χ2v) is 11.7. The number of allylic oxidation sites excluding steroid dienone is 1. The smallest absolute Gasteiger partial charge is 0.338 e. The number of benzene rings is 2. The molecule has 1 spiro atoms. The van der Waals surface area contributed by atoms with Crippen LogP contribution < -0.4 is 24.3 Å². The summed E-state index contributed by atoms with van der Waals surface area (Å²) >= 11 is 0. The zero-order chi connectivity index (χ0) is 30.3. The van der Waals surface area contributed by atoms with Gasteiger partial charge in [0.1, 0.15) is 24.0 Å². The molecule has 0 radical (unpaired) electrons. The molecule has 6 unspecified atom stereocenters. The van der Waals surface area contributed by atoms with Crippen LogP contribution in [0.5, 0.6) is 23.0 Å². The molecule has 0 aromatic heterocycles. The molecule has 1 aliphatic carbocycles. The van der Waals surface area contributed by atoms with E-state index in [1.165, 1.54) is 28.4 Å². The molecule has 228 valence electrons. The van der Waals surface area contributed by atoms with Gasteiger partial charge in [0.25, 0.3) is 0 Å². The molecule has 1 N–H and O–H groups in total. The number of anilines is 1. The van der Waals surface area contributed by atoms with Gasteiger partial charge in [-0.05, 0) is 37.1 Å². The minimum atomic E-state index is -1.29. The molecule has 5 aliphatic rings. The molecule has 7 rings (SSSR count). The standard InChI is InChI=1S/C32H36N2O9/c1-7-17-15-34-25-13-21(17)30(29(36)41-6,16-42-28(35)18-10-23(38-3)27(40-5)24(11-18)39-4)31-14-26(34)43-32(25,31)33-22-12-19(37-2)8-9-20(22)31/h7-12,21,25-26,33H,13-16H2,1-6H3/b17-7+. The maximum absolute atomic E-state index is 14.5. The van der Waals surface area contributed by atoms with Crippen LogP contribution in [0.3, 0.4) is 0 Å². The number of nitrogens with one attached hydrogen (secondary N) is 1. The van der Waals surface area contributed by atoms with E-state index in [-0.39, 0.29) is 30.4 Å². The van der Waals surface area contributed by atoms with Crippen molar-refractivity contribution in [2.45, 2.75) is 43.2 Å². The van der Waals surface area contributed by atoms with Crippen LogP contribution in [0.4, 0.5) is 5.69 Å². The molecule has 4 heterocycles. The number of hydrogen-bond acceptors (Lipinski definition) is 11. The lowest BCUT2D eigenvalue weighted by Gasteiger charge is -2.64. The van der Waals surface area contributed by atoms with Gasteiger partial charge in [-0.25, -0.2) is 4.79 Å². The molecule has 4 bridgehead atoms. The number of methoxy groups -OCH3 is 5. The number of rotatable bonds is 8. The first-order valence-electron chi connectivity index (χ1n) is 14.4. The van der Waals surface area contributed by atoms with Gasteiger partial charge < -0.3 is 38.5 Å². The highest BCUT2D eigenvalue weighted by Gasteiger charge is 2.87. The molecule has 2 aromatic carbocycles. The van der Waals surface area contributed by atoms with Gasteiger partial charge in [0.2, 0.25) is 5.75 Å². The van der Waals surface area contributed by atoms with Crippen LogP contribution in [0.15, 0.2) is 42.0 Å². The van der Waals surface area contributed by atoms with Gasteiger partial charge in [-0.15, -0.1) is 0 Å². The van der Waals surface area contributed by atoms with Crippen molar-refractivity contribution in [3.05, 3.63) is 53.1 Å². The number of carbonyl (C=O) groups excluding carboxylic acids is 2. The Bertz CT molecular complexity index is 1530. The van der Waals surface area contributed by atoms with Crippen LogP contribution in [0.1, 0.15) is 35.7 Å². The van der Waals surface area contributed by atoms with Crippen molar-refractivity contribution in [3.8, 4) is 23.0 Å². The molecule has 2 aromatic rings. The van der Waals surface area contributed by atoms with Crippen LogP contribution >= 0.6 is 0 Å². The molecule has 0 amide bonds. The van der Waals surface area contributed by atoms with E-state index in [1.54, 1.807) is 19.2 Å². The van der Waals surface area contributed by atoms with Crippen LogP contribution in [-0.4, -0.2) is 83.5 Å². The lowest BCUT2D eigenvalue weighted by Crippen LogP contribution is -2.78. The topological polar surface area (TPSA) is 114 Å². The van der Waals surface area contributed by atoms with Crippen molar-refractivity contribution in [3.63, 3.8) is 0 Å². The van der Waals surface area contributed by atoms with Gasteiger partial charge in [-0.3, -0.25) is 9.69 Å².